The van der Waals surface area contributed by atoms with E-state index in [4.69, 9.17) is 5.73 Å². The van der Waals surface area contributed by atoms with E-state index in [1.165, 1.54) is 0 Å². The van der Waals surface area contributed by atoms with Gasteiger partial charge in [0.25, 0.3) is 0 Å². The number of hydrogen-bond acceptors (Lipinski definition) is 3. The topological polar surface area (TPSA) is 75.3 Å². The molecule has 0 radical (unpaired) electrons. The smallest absolute Gasteiger partial charge is 0.227 e. The van der Waals surface area contributed by atoms with Crippen molar-refractivity contribution in [2.75, 3.05) is 6.54 Å². The number of carbonyl (C=O) groups excluding carboxylic acids is 1. The van der Waals surface area contributed by atoms with Gasteiger partial charge >= 0.3 is 0 Å². The average molecular weight is 228 g/mol. The minimum absolute atomic E-state index is 0.0244. The number of hydrogen-bond donors (Lipinski definition) is 3. The van der Waals surface area contributed by atoms with Gasteiger partial charge in [0.05, 0.1) is 11.5 Å². The van der Waals surface area contributed by atoms with Gasteiger partial charge in [-0.1, -0.05) is 13.3 Å². The Hall–Kier alpha value is -0.610. The second-order valence-electron chi connectivity index (χ2n) is 5.02. The van der Waals surface area contributed by atoms with Crippen molar-refractivity contribution in [3.05, 3.63) is 0 Å². The first kappa shape index (κ1) is 13.5. The summed E-state index contributed by atoms with van der Waals surface area (Å²) in [6.07, 6.45) is 3.87. The molecule has 4 nitrogen and oxygen atoms in total. The summed E-state index contributed by atoms with van der Waals surface area (Å²) < 4.78 is 0. The highest BCUT2D eigenvalue weighted by molar-refractivity contribution is 5.83. The maximum atomic E-state index is 12.0. The number of rotatable bonds is 5. The highest BCUT2D eigenvalue weighted by Gasteiger charge is 2.42. The molecule has 4 heteroatoms. The Morgan fingerprint density at radius 3 is 2.88 bits per heavy atom. The zero-order valence-electron chi connectivity index (χ0n) is 10.3. The molecule has 1 aliphatic rings. The summed E-state index contributed by atoms with van der Waals surface area (Å²) in [7, 11) is 0. The normalized spacial score (nSPS) is 31.4. The number of nitrogens with two attached hydrogens (primary N) is 1. The van der Waals surface area contributed by atoms with Crippen LogP contribution in [-0.4, -0.2) is 29.7 Å². The maximum absolute atomic E-state index is 12.0. The van der Waals surface area contributed by atoms with Crippen molar-refractivity contribution >= 4 is 5.91 Å². The van der Waals surface area contributed by atoms with E-state index in [1.54, 1.807) is 0 Å². The van der Waals surface area contributed by atoms with Crippen molar-refractivity contribution in [2.45, 2.75) is 58.1 Å². The average Bonchev–Trinajstić information content (AvgIpc) is 2.60. The van der Waals surface area contributed by atoms with Gasteiger partial charge in [0.1, 0.15) is 0 Å². The van der Waals surface area contributed by atoms with Crippen molar-refractivity contribution < 1.29 is 9.90 Å². The molecule has 16 heavy (non-hydrogen) atoms. The van der Waals surface area contributed by atoms with Crippen molar-refractivity contribution in [3.63, 3.8) is 0 Å². The first-order valence-electron chi connectivity index (χ1n) is 6.22. The number of carbonyl (C=O) groups is 1. The van der Waals surface area contributed by atoms with Crippen molar-refractivity contribution in [1.82, 2.24) is 5.32 Å². The zero-order chi connectivity index (χ0) is 12.2. The van der Waals surface area contributed by atoms with Crippen LogP contribution in [0.2, 0.25) is 0 Å². The van der Waals surface area contributed by atoms with Gasteiger partial charge in [0, 0.05) is 12.6 Å². The Morgan fingerprint density at radius 2 is 2.38 bits per heavy atom. The first-order valence-corrected chi connectivity index (χ1v) is 6.22. The van der Waals surface area contributed by atoms with Crippen LogP contribution < -0.4 is 11.1 Å². The molecule has 0 spiro atoms. The lowest BCUT2D eigenvalue weighted by Gasteiger charge is -2.27. The van der Waals surface area contributed by atoms with Gasteiger partial charge in [-0.15, -0.1) is 0 Å². The van der Waals surface area contributed by atoms with Crippen LogP contribution in [0.3, 0.4) is 0 Å². The lowest BCUT2D eigenvalue weighted by molar-refractivity contribution is -0.130. The summed E-state index contributed by atoms with van der Waals surface area (Å²) in [6.45, 7) is 4.41. The predicted octanol–water partition coefficient (Wildman–Crippen LogP) is 0.781. The van der Waals surface area contributed by atoms with Crippen LogP contribution in [0, 0.1) is 5.41 Å². The van der Waals surface area contributed by atoms with Gasteiger partial charge in [0.2, 0.25) is 5.91 Å². The van der Waals surface area contributed by atoms with E-state index < -0.39 is 5.41 Å². The molecule has 94 valence electrons. The third-order valence-corrected chi connectivity index (χ3v) is 3.78. The molecule has 0 aromatic carbocycles. The Morgan fingerprint density at radius 1 is 1.69 bits per heavy atom. The van der Waals surface area contributed by atoms with Crippen LogP contribution in [0.4, 0.5) is 0 Å². The molecule has 4 N–H and O–H groups in total. The van der Waals surface area contributed by atoms with E-state index in [0.717, 1.165) is 25.7 Å². The number of aliphatic hydroxyl groups excluding tert-OH is 1. The molecule has 0 aromatic heterocycles. The van der Waals surface area contributed by atoms with Gasteiger partial charge in [-0.2, -0.15) is 0 Å². The molecular weight excluding hydrogens is 204 g/mol. The van der Waals surface area contributed by atoms with E-state index in [0.29, 0.717) is 13.0 Å². The Balaban J connectivity index is 2.35. The van der Waals surface area contributed by atoms with Gasteiger partial charge < -0.3 is 16.2 Å². The molecule has 0 bridgehead atoms. The summed E-state index contributed by atoms with van der Waals surface area (Å²) in [6, 6.07) is -0.0244. The summed E-state index contributed by atoms with van der Waals surface area (Å²) in [5.41, 5.74) is 5.56. The molecular formula is C12H24N2O2. The van der Waals surface area contributed by atoms with Gasteiger partial charge in [-0.25, -0.2) is 0 Å². The van der Waals surface area contributed by atoms with Crippen LogP contribution >= 0.6 is 0 Å². The number of aliphatic hydroxyl groups is 1. The monoisotopic (exact) mass is 228 g/mol. The van der Waals surface area contributed by atoms with Crippen LogP contribution in [0.25, 0.3) is 0 Å². The van der Waals surface area contributed by atoms with E-state index >= 15 is 0 Å². The number of amides is 1. The largest absolute Gasteiger partial charge is 0.393 e. The summed E-state index contributed by atoms with van der Waals surface area (Å²) in [4.78, 5) is 12.0. The number of nitrogens with one attached hydrogen (secondary N) is 1. The third-order valence-electron chi connectivity index (χ3n) is 3.78. The fraction of sp³-hybridized carbons (Fsp3) is 0.917. The molecule has 0 saturated heterocycles. The fourth-order valence-electron chi connectivity index (χ4n) is 2.23. The Bertz CT molecular complexity index is 245. The summed E-state index contributed by atoms with van der Waals surface area (Å²) in [5.74, 6) is 0.0424. The second-order valence-corrected chi connectivity index (χ2v) is 5.02. The molecule has 1 amide bonds. The van der Waals surface area contributed by atoms with Crippen LogP contribution in [0.1, 0.15) is 46.0 Å². The van der Waals surface area contributed by atoms with Crippen molar-refractivity contribution in [3.8, 4) is 0 Å². The minimum Gasteiger partial charge on any atom is -0.393 e. The predicted molar refractivity (Wildman–Crippen MR) is 63.9 cm³/mol. The minimum atomic E-state index is -0.406. The Labute approximate surface area is 97.6 Å². The molecule has 3 atom stereocenters. The van der Waals surface area contributed by atoms with E-state index in [1.807, 2.05) is 13.8 Å². The SMILES string of the molecule is CCC(O)CCNC(=O)C1(C)CCCC1N. The summed E-state index contributed by atoms with van der Waals surface area (Å²) >= 11 is 0. The van der Waals surface area contributed by atoms with Gasteiger partial charge in [-0.3, -0.25) is 4.79 Å². The van der Waals surface area contributed by atoms with E-state index in [2.05, 4.69) is 5.32 Å². The second kappa shape index (κ2) is 5.64. The van der Waals surface area contributed by atoms with Crippen LogP contribution in [0.5, 0.6) is 0 Å². The van der Waals surface area contributed by atoms with Crippen molar-refractivity contribution in [2.24, 2.45) is 11.1 Å². The van der Waals surface area contributed by atoms with Crippen LogP contribution in [0.15, 0.2) is 0 Å². The standard InChI is InChI=1S/C12H24N2O2/c1-3-9(15)6-8-14-11(16)12(2)7-4-5-10(12)13/h9-10,15H,3-8,13H2,1-2H3,(H,14,16). The highest BCUT2D eigenvalue weighted by atomic mass is 16.3. The van der Waals surface area contributed by atoms with E-state index in [9.17, 15) is 9.90 Å². The lowest BCUT2D eigenvalue weighted by Crippen LogP contribution is -2.47. The van der Waals surface area contributed by atoms with Crippen molar-refractivity contribution in [1.29, 1.82) is 0 Å². The third kappa shape index (κ3) is 2.95. The molecule has 3 unspecified atom stereocenters. The molecule has 0 aromatic rings. The quantitative estimate of drug-likeness (QED) is 0.651. The van der Waals surface area contributed by atoms with Crippen LogP contribution in [-0.2, 0) is 4.79 Å². The van der Waals surface area contributed by atoms with Gasteiger partial charge in [0.15, 0.2) is 0 Å². The molecule has 1 aliphatic carbocycles. The van der Waals surface area contributed by atoms with E-state index in [-0.39, 0.29) is 18.1 Å². The molecule has 0 aliphatic heterocycles. The molecule has 1 rings (SSSR count). The maximum Gasteiger partial charge on any atom is 0.227 e. The highest BCUT2D eigenvalue weighted by Crippen LogP contribution is 2.36. The van der Waals surface area contributed by atoms with Gasteiger partial charge in [-0.05, 0) is 32.6 Å². The zero-order valence-corrected chi connectivity index (χ0v) is 10.3. The fourth-order valence-corrected chi connectivity index (χ4v) is 2.23. The lowest BCUT2D eigenvalue weighted by atomic mass is 9.84. The first-order chi connectivity index (χ1) is 7.50. The summed E-state index contributed by atoms with van der Waals surface area (Å²) in [5, 5.41) is 12.3. The Kier molecular flexibility index (Phi) is 4.74. The molecule has 1 saturated carbocycles. The molecule has 0 heterocycles. The molecule has 1 fully saturated rings.